The van der Waals surface area contributed by atoms with Crippen molar-refractivity contribution in [2.75, 3.05) is 6.61 Å². The molecule has 0 saturated heterocycles. The second kappa shape index (κ2) is 5.28. The minimum absolute atomic E-state index is 0.0722. The molecule has 2 N–H and O–H groups in total. The first-order valence-electron chi connectivity index (χ1n) is 5.41. The lowest BCUT2D eigenvalue weighted by Gasteiger charge is -2.19. The molecule has 0 aliphatic heterocycles. The highest BCUT2D eigenvalue weighted by Gasteiger charge is 2.11. The zero-order chi connectivity index (χ0) is 11.4. The summed E-state index contributed by atoms with van der Waals surface area (Å²) in [5.74, 6) is 0. The minimum atomic E-state index is 0.0722. The van der Waals surface area contributed by atoms with Crippen LogP contribution >= 0.6 is 0 Å². The van der Waals surface area contributed by atoms with Crippen molar-refractivity contribution < 1.29 is 5.11 Å². The van der Waals surface area contributed by atoms with Crippen molar-refractivity contribution in [3.05, 3.63) is 17.5 Å². The van der Waals surface area contributed by atoms with Gasteiger partial charge in [-0.1, -0.05) is 13.8 Å². The smallest absolute Gasteiger partial charge is 0.0602 e. The Balaban J connectivity index is 2.62. The van der Waals surface area contributed by atoms with Gasteiger partial charge in [0.25, 0.3) is 0 Å². The van der Waals surface area contributed by atoms with Gasteiger partial charge in [0, 0.05) is 11.7 Å². The molecule has 0 aliphatic carbocycles. The van der Waals surface area contributed by atoms with Crippen LogP contribution in [0.1, 0.15) is 25.2 Å². The molecular formula is C11H21N3O. The van der Waals surface area contributed by atoms with E-state index in [1.807, 2.05) is 24.6 Å². The van der Waals surface area contributed by atoms with E-state index in [2.05, 4.69) is 24.3 Å². The molecule has 1 heterocycles. The van der Waals surface area contributed by atoms with Gasteiger partial charge in [-0.2, -0.15) is 5.10 Å². The molecule has 0 amide bonds. The molecule has 0 fully saturated rings. The number of hydrogen-bond donors (Lipinski definition) is 2. The first kappa shape index (κ1) is 12.2. The number of aliphatic hydroxyl groups is 1. The number of rotatable bonds is 5. The molecule has 1 aromatic heterocycles. The topological polar surface area (TPSA) is 50.1 Å². The Labute approximate surface area is 91.3 Å². The lowest BCUT2D eigenvalue weighted by Crippen LogP contribution is -2.40. The standard InChI is InChI=1S/C11H21N3O/c1-8(2)12-11(7-15)6-14-10(4)5-9(3)13-14/h5,8,11-12,15H,6-7H2,1-4H3. The molecule has 1 aromatic rings. The quantitative estimate of drug-likeness (QED) is 0.759. The van der Waals surface area contributed by atoms with E-state index < -0.39 is 0 Å². The van der Waals surface area contributed by atoms with Crippen LogP contribution in [0.3, 0.4) is 0 Å². The van der Waals surface area contributed by atoms with Gasteiger partial charge in [-0.05, 0) is 19.9 Å². The number of nitrogens with zero attached hydrogens (tertiary/aromatic N) is 2. The van der Waals surface area contributed by atoms with Gasteiger partial charge in [-0.3, -0.25) is 4.68 Å². The first-order chi connectivity index (χ1) is 7.02. The van der Waals surface area contributed by atoms with Gasteiger partial charge in [0.15, 0.2) is 0 Å². The van der Waals surface area contributed by atoms with Crippen molar-refractivity contribution in [2.24, 2.45) is 0 Å². The van der Waals surface area contributed by atoms with Gasteiger partial charge in [0.05, 0.1) is 24.9 Å². The van der Waals surface area contributed by atoms with E-state index in [1.165, 1.54) is 0 Å². The summed E-state index contributed by atoms with van der Waals surface area (Å²) in [6.07, 6.45) is 0. The van der Waals surface area contributed by atoms with E-state index in [1.54, 1.807) is 0 Å². The predicted molar refractivity (Wildman–Crippen MR) is 60.8 cm³/mol. The van der Waals surface area contributed by atoms with Gasteiger partial charge in [0.2, 0.25) is 0 Å². The molecule has 4 heteroatoms. The van der Waals surface area contributed by atoms with Crippen LogP contribution in [0, 0.1) is 13.8 Å². The van der Waals surface area contributed by atoms with E-state index in [0.29, 0.717) is 12.6 Å². The van der Waals surface area contributed by atoms with Gasteiger partial charge >= 0.3 is 0 Å². The third-order valence-electron chi connectivity index (χ3n) is 2.29. The minimum Gasteiger partial charge on any atom is -0.395 e. The summed E-state index contributed by atoms with van der Waals surface area (Å²) >= 11 is 0. The number of aryl methyl sites for hydroxylation is 2. The summed E-state index contributed by atoms with van der Waals surface area (Å²) in [4.78, 5) is 0. The maximum Gasteiger partial charge on any atom is 0.0602 e. The van der Waals surface area contributed by atoms with Crippen LogP contribution in [0.5, 0.6) is 0 Å². The molecule has 0 radical (unpaired) electrons. The number of aliphatic hydroxyl groups excluding tert-OH is 1. The van der Waals surface area contributed by atoms with Gasteiger partial charge in [-0.25, -0.2) is 0 Å². The normalized spacial score (nSPS) is 13.5. The van der Waals surface area contributed by atoms with Crippen molar-refractivity contribution in [1.82, 2.24) is 15.1 Å². The largest absolute Gasteiger partial charge is 0.395 e. The molecule has 4 nitrogen and oxygen atoms in total. The SMILES string of the molecule is Cc1cc(C)n(CC(CO)NC(C)C)n1. The van der Waals surface area contributed by atoms with E-state index in [9.17, 15) is 5.11 Å². The van der Waals surface area contributed by atoms with Crippen molar-refractivity contribution >= 4 is 0 Å². The summed E-state index contributed by atoms with van der Waals surface area (Å²) in [6, 6.07) is 2.49. The van der Waals surface area contributed by atoms with Gasteiger partial charge < -0.3 is 10.4 Å². The molecular weight excluding hydrogens is 190 g/mol. The maximum absolute atomic E-state index is 9.23. The van der Waals surface area contributed by atoms with Gasteiger partial charge in [-0.15, -0.1) is 0 Å². The first-order valence-corrected chi connectivity index (χ1v) is 5.41. The number of hydrogen-bond acceptors (Lipinski definition) is 3. The van der Waals surface area contributed by atoms with Crippen LogP contribution in [0.25, 0.3) is 0 Å². The molecule has 0 aromatic carbocycles. The summed E-state index contributed by atoms with van der Waals surface area (Å²) < 4.78 is 1.94. The Kier molecular flexibility index (Phi) is 4.29. The van der Waals surface area contributed by atoms with Crippen LogP contribution < -0.4 is 5.32 Å². The van der Waals surface area contributed by atoms with Crippen LogP contribution in [0.15, 0.2) is 6.07 Å². The molecule has 15 heavy (non-hydrogen) atoms. The van der Waals surface area contributed by atoms with Crippen molar-refractivity contribution in [2.45, 2.75) is 46.3 Å². The summed E-state index contributed by atoms with van der Waals surface area (Å²) in [5, 5.41) is 16.9. The van der Waals surface area contributed by atoms with Crippen LogP contribution in [0.4, 0.5) is 0 Å². The fourth-order valence-corrected chi connectivity index (χ4v) is 1.70. The lowest BCUT2D eigenvalue weighted by atomic mass is 10.2. The van der Waals surface area contributed by atoms with E-state index in [-0.39, 0.29) is 12.6 Å². The molecule has 0 saturated carbocycles. The second-order valence-corrected chi connectivity index (χ2v) is 4.31. The van der Waals surface area contributed by atoms with Crippen molar-refractivity contribution in [3.8, 4) is 0 Å². The third kappa shape index (κ3) is 3.64. The van der Waals surface area contributed by atoms with Crippen molar-refractivity contribution in [1.29, 1.82) is 0 Å². The maximum atomic E-state index is 9.23. The second-order valence-electron chi connectivity index (χ2n) is 4.31. The fraction of sp³-hybridized carbons (Fsp3) is 0.727. The highest BCUT2D eigenvalue weighted by molar-refractivity contribution is 5.06. The molecule has 0 bridgehead atoms. The zero-order valence-electron chi connectivity index (χ0n) is 9.99. The Hall–Kier alpha value is -0.870. The molecule has 1 unspecified atom stereocenters. The highest BCUT2D eigenvalue weighted by Crippen LogP contribution is 2.03. The predicted octanol–water partition coefficient (Wildman–Crippen LogP) is 0.859. The molecule has 1 rings (SSSR count). The fourth-order valence-electron chi connectivity index (χ4n) is 1.70. The summed E-state index contributed by atoms with van der Waals surface area (Å²) in [6.45, 7) is 9.01. The lowest BCUT2D eigenvalue weighted by molar-refractivity contribution is 0.217. The molecule has 1 atom stereocenters. The van der Waals surface area contributed by atoms with E-state index >= 15 is 0 Å². The Morgan fingerprint density at radius 1 is 1.47 bits per heavy atom. The monoisotopic (exact) mass is 211 g/mol. The Bertz CT molecular complexity index is 307. The Morgan fingerprint density at radius 2 is 2.13 bits per heavy atom. The number of aromatic nitrogens is 2. The van der Waals surface area contributed by atoms with E-state index in [0.717, 1.165) is 11.4 Å². The van der Waals surface area contributed by atoms with E-state index in [4.69, 9.17) is 0 Å². The molecule has 86 valence electrons. The zero-order valence-corrected chi connectivity index (χ0v) is 9.99. The summed E-state index contributed by atoms with van der Waals surface area (Å²) in [7, 11) is 0. The number of nitrogens with one attached hydrogen (secondary N) is 1. The van der Waals surface area contributed by atoms with Crippen LogP contribution in [-0.2, 0) is 6.54 Å². The third-order valence-corrected chi connectivity index (χ3v) is 2.29. The van der Waals surface area contributed by atoms with Gasteiger partial charge in [0.1, 0.15) is 0 Å². The molecule has 0 aliphatic rings. The Morgan fingerprint density at radius 3 is 2.53 bits per heavy atom. The summed E-state index contributed by atoms with van der Waals surface area (Å²) in [5.41, 5.74) is 2.16. The highest BCUT2D eigenvalue weighted by atomic mass is 16.3. The molecule has 0 spiro atoms. The van der Waals surface area contributed by atoms with Crippen molar-refractivity contribution in [3.63, 3.8) is 0 Å². The average molecular weight is 211 g/mol. The van der Waals surface area contributed by atoms with Crippen LogP contribution in [0.2, 0.25) is 0 Å². The average Bonchev–Trinajstić information content (AvgIpc) is 2.43. The van der Waals surface area contributed by atoms with Crippen LogP contribution in [-0.4, -0.2) is 33.6 Å².